The first-order valence-electron chi connectivity index (χ1n) is 9.92. The summed E-state index contributed by atoms with van der Waals surface area (Å²) in [4.78, 5) is 27.2. The molecule has 0 aromatic heterocycles. The first-order chi connectivity index (χ1) is 12.5. The van der Waals surface area contributed by atoms with Crippen LogP contribution < -0.4 is 5.73 Å². The third-order valence-electron chi connectivity index (χ3n) is 4.16. The summed E-state index contributed by atoms with van der Waals surface area (Å²) in [5, 5.41) is 8.66. The molecule has 150 valence electrons. The van der Waals surface area contributed by atoms with Gasteiger partial charge in [0.25, 0.3) is 0 Å². The second-order valence-corrected chi connectivity index (χ2v) is 6.74. The predicted octanol–water partition coefficient (Wildman–Crippen LogP) is 4.10. The van der Waals surface area contributed by atoms with Crippen LogP contribution in [0, 0.1) is 0 Å². The van der Waals surface area contributed by atoms with Crippen LogP contribution in [0.25, 0.3) is 0 Å². The summed E-state index contributed by atoms with van der Waals surface area (Å²) in [5.41, 5.74) is 5.60. The van der Waals surface area contributed by atoms with Gasteiger partial charge in [-0.1, -0.05) is 57.6 Å². The van der Waals surface area contributed by atoms with E-state index >= 15 is 0 Å². The van der Waals surface area contributed by atoms with Gasteiger partial charge < -0.3 is 15.7 Å². The van der Waals surface area contributed by atoms with Crippen molar-refractivity contribution >= 4 is 17.8 Å². The zero-order valence-corrected chi connectivity index (χ0v) is 16.6. The van der Waals surface area contributed by atoms with Crippen molar-refractivity contribution in [1.82, 2.24) is 4.90 Å². The zero-order chi connectivity index (χ0) is 19.6. The van der Waals surface area contributed by atoms with Crippen molar-refractivity contribution in [3.63, 3.8) is 0 Å². The second kappa shape index (κ2) is 16.6. The van der Waals surface area contributed by atoms with E-state index in [2.05, 4.69) is 24.1 Å². The summed E-state index contributed by atoms with van der Waals surface area (Å²) >= 11 is 0. The van der Waals surface area contributed by atoms with Crippen LogP contribution in [-0.2, 0) is 9.59 Å². The van der Waals surface area contributed by atoms with Gasteiger partial charge in [0.15, 0.2) is 5.96 Å². The van der Waals surface area contributed by atoms with Crippen LogP contribution in [-0.4, -0.2) is 41.4 Å². The number of aliphatic imine (C=N–C) groups is 1. The molecule has 3 N–H and O–H groups in total. The SMILES string of the molecule is CCCCCCC=CCCCCCCCC(=O)N=C(N)N(C)CC(=O)O. The maximum absolute atomic E-state index is 11.7. The molecule has 0 aliphatic carbocycles. The number of amides is 1. The Hall–Kier alpha value is -1.85. The molecule has 0 spiro atoms. The number of nitrogens with zero attached hydrogens (tertiary/aromatic N) is 2. The highest BCUT2D eigenvalue weighted by molar-refractivity contribution is 5.93. The largest absolute Gasteiger partial charge is 0.480 e. The van der Waals surface area contributed by atoms with Crippen LogP contribution in [0.4, 0.5) is 0 Å². The second-order valence-electron chi connectivity index (χ2n) is 6.74. The Bertz CT molecular complexity index is 448. The normalized spacial score (nSPS) is 11.8. The van der Waals surface area contributed by atoms with Crippen LogP contribution in [0.2, 0.25) is 0 Å². The van der Waals surface area contributed by atoms with Crippen molar-refractivity contribution in [2.75, 3.05) is 13.6 Å². The molecule has 0 fully saturated rings. The molecule has 1 amide bonds. The molecule has 0 radical (unpaired) electrons. The van der Waals surface area contributed by atoms with Crippen molar-refractivity contribution in [2.45, 2.75) is 84.0 Å². The van der Waals surface area contributed by atoms with Gasteiger partial charge in [0.1, 0.15) is 6.54 Å². The van der Waals surface area contributed by atoms with Gasteiger partial charge in [-0.2, -0.15) is 4.99 Å². The number of carbonyl (C=O) groups excluding carboxylic acids is 1. The van der Waals surface area contributed by atoms with E-state index in [1.165, 1.54) is 56.9 Å². The molecule has 0 heterocycles. The Labute approximate surface area is 158 Å². The fourth-order valence-electron chi connectivity index (χ4n) is 2.55. The summed E-state index contributed by atoms with van der Waals surface area (Å²) < 4.78 is 0. The highest BCUT2D eigenvalue weighted by Crippen LogP contribution is 2.09. The van der Waals surface area contributed by atoms with E-state index < -0.39 is 5.97 Å². The number of hydrogen-bond donors (Lipinski definition) is 2. The van der Waals surface area contributed by atoms with Gasteiger partial charge in [-0.25, -0.2) is 0 Å². The molecule has 0 bridgehead atoms. The number of rotatable bonds is 15. The average molecular weight is 368 g/mol. The van der Waals surface area contributed by atoms with E-state index in [4.69, 9.17) is 10.8 Å². The van der Waals surface area contributed by atoms with Gasteiger partial charge in [-0.3, -0.25) is 9.59 Å². The Morgan fingerprint density at radius 1 is 0.962 bits per heavy atom. The Kier molecular flexibility index (Phi) is 15.4. The van der Waals surface area contributed by atoms with Crippen LogP contribution in [0.15, 0.2) is 17.1 Å². The van der Waals surface area contributed by atoms with Gasteiger partial charge in [-0.05, 0) is 32.1 Å². The summed E-state index contributed by atoms with van der Waals surface area (Å²) in [7, 11) is 1.50. The molecule has 0 aliphatic rings. The molecule has 0 saturated carbocycles. The molecule has 0 saturated heterocycles. The lowest BCUT2D eigenvalue weighted by molar-refractivity contribution is -0.137. The lowest BCUT2D eigenvalue weighted by Crippen LogP contribution is -2.38. The summed E-state index contributed by atoms with van der Waals surface area (Å²) in [6, 6.07) is 0. The maximum Gasteiger partial charge on any atom is 0.323 e. The van der Waals surface area contributed by atoms with Crippen LogP contribution in [0.5, 0.6) is 0 Å². The third-order valence-corrected chi connectivity index (χ3v) is 4.16. The minimum atomic E-state index is -1.01. The third kappa shape index (κ3) is 15.7. The van der Waals surface area contributed by atoms with Gasteiger partial charge in [0.05, 0.1) is 0 Å². The Balaban J connectivity index is 3.58. The maximum atomic E-state index is 11.7. The number of carboxylic acid groups (broad SMARTS) is 1. The first kappa shape index (κ1) is 24.1. The highest BCUT2D eigenvalue weighted by atomic mass is 16.4. The summed E-state index contributed by atoms with van der Waals surface area (Å²) in [5.74, 6) is -1.34. The van der Waals surface area contributed by atoms with E-state index in [0.29, 0.717) is 6.42 Å². The van der Waals surface area contributed by atoms with Crippen molar-refractivity contribution in [3.8, 4) is 0 Å². The number of carbonyl (C=O) groups is 2. The van der Waals surface area contributed by atoms with Crippen LogP contribution >= 0.6 is 0 Å². The topological polar surface area (TPSA) is 96.0 Å². The molecular formula is C20H37N3O3. The Morgan fingerprint density at radius 2 is 1.50 bits per heavy atom. The van der Waals surface area contributed by atoms with Gasteiger partial charge in [0, 0.05) is 13.5 Å². The lowest BCUT2D eigenvalue weighted by Gasteiger charge is -2.14. The molecule has 0 unspecified atom stereocenters. The molecule has 0 aliphatic heterocycles. The van der Waals surface area contributed by atoms with Crippen molar-refractivity contribution in [3.05, 3.63) is 12.2 Å². The highest BCUT2D eigenvalue weighted by Gasteiger charge is 2.08. The average Bonchev–Trinajstić information content (AvgIpc) is 2.58. The van der Waals surface area contributed by atoms with Gasteiger partial charge >= 0.3 is 5.97 Å². The number of unbranched alkanes of at least 4 members (excludes halogenated alkanes) is 9. The molecule has 0 atom stereocenters. The predicted molar refractivity (Wildman–Crippen MR) is 107 cm³/mol. The number of likely N-dealkylation sites (N-methyl/N-ethyl adjacent to an activating group) is 1. The van der Waals surface area contributed by atoms with Crippen molar-refractivity contribution in [2.24, 2.45) is 10.7 Å². The lowest BCUT2D eigenvalue weighted by atomic mass is 10.1. The minimum absolute atomic E-state index is 0.0427. The fourth-order valence-corrected chi connectivity index (χ4v) is 2.55. The van der Waals surface area contributed by atoms with E-state index in [0.717, 1.165) is 25.7 Å². The summed E-state index contributed by atoms with van der Waals surface area (Å²) in [6.45, 7) is 1.96. The monoisotopic (exact) mass is 367 g/mol. The van der Waals surface area contributed by atoms with E-state index in [1.54, 1.807) is 0 Å². The number of nitrogens with two attached hydrogens (primary N) is 1. The number of allylic oxidation sites excluding steroid dienone is 2. The Morgan fingerprint density at radius 3 is 2.08 bits per heavy atom. The first-order valence-corrected chi connectivity index (χ1v) is 9.92. The van der Waals surface area contributed by atoms with Gasteiger partial charge in [-0.15, -0.1) is 0 Å². The standard InChI is InChI=1S/C20H37N3O3/c1-3-4-5-6-7-8-9-10-11-12-13-14-15-16-18(24)22-20(21)23(2)17-19(25)26/h8-9H,3-7,10-17H2,1-2H3,(H,25,26)(H2,21,22,24). The quantitative estimate of drug-likeness (QED) is 0.197. The molecule has 6 nitrogen and oxygen atoms in total. The smallest absolute Gasteiger partial charge is 0.323 e. The van der Waals surface area contributed by atoms with Crippen LogP contribution in [0.1, 0.15) is 84.0 Å². The molecule has 0 aromatic carbocycles. The van der Waals surface area contributed by atoms with Gasteiger partial charge in [0.2, 0.25) is 5.91 Å². The summed E-state index contributed by atoms with van der Waals surface area (Å²) in [6.07, 6.45) is 17.9. The molecule has 26 heavy (non-hydrogen) atoms. The van der Waals surface area contributed by atoms with E-state index in [-0.39, 0.29) is 18.4 Å². The molecule has 0 rings (SSSR count). The number of carboxylic acids is 1. The van der Waals surface area contributed by atoms with E-state index in [9.17, 15) is 9.59 Å². The van der Waals surface area contributed by atoms with Crippen molar-refractivity contribution < 1.29 is 14.7 Å². The van der Waals surface area contributed by atoms with E-state index in [1.807, 2.05) is 0 Å². The number of aliphatic carboxylic acids is 1. The molecule has 6 heteroatoms. The number of hydrogen-bond acceptors (Lipinski definition) is 2. The van der Waals surface area contributed by atoms with Crippen LogP contribution in [0.3, 0.4) is 0 Å². The number of guanidine groups is 1. The minimum Gasteiger partial charge on any atom is -0.480 e. The zero-order valence-electron chi connectivity index (χ0n) is 16.6. The van der Waals surface area contributed by atoms with Crippen molar-refractivity contribution in [1.29, 1.82) is 0 Å². The molecular weight excluding hydrogens is 330 g/mol. The fraction of sp³-hybridized carbons (Fsp3) is 0.750. The molecule has 0 aromatic rings.